The quantitative estimate of drug-likeness (QED) is 0.735. The summed E-state index contributed by atoms with van der Waals surface area (Å²) in [5, 5.41) is 0. The van der Waals surface area contributed by atoms with Gasteiger partial charge in [0.15, 0.2) is 0 Å². The van der Waals surface area contributed by atoms with Crippen LogP contribution in [0, 0.1) is 0 Å². The second-order valence-corrected chi connectivity index (χ2v) is 4.23. The van der Waals surface area contributed by atoms with Gasteiger partial charge >= 0.3 is 0 Å². The zero-order valence-corrected chi connectivity index (χ0v) is 8.75. The van der Waals surface area contributed by atoms with Crippen LogP contribution in [0.25, 0.3) is 0 Å². The van der Waals surface area contributed by atoms with Crippen LogP contribution in [-0.4, -0.2) is 10.6 Å². The highest BCUT2D eigenvalue weighted by atomic mass is 79.9. The van der Waals surface area contributed by atoms with Crippen molar-refractivity contribution in [2.75, 3.05) is 0 Å². The maximum atomic E-state index is 11.4. The van der Waals surface area contributed by atoms with Crippen molar-refractivity contribution in [3.05, 3.63) is 32.7 Å². The van der Waals surface area contributed by atoms with Crippen LogP contribution < -0.4 is 11.3 Å². The lowest BCUT2D eigenvalue weighted by atomic mass is 10.0. The molecule has 4 heteroatoms. The molecule has 1 atom stereocenters. The van der Waals surface area contributed by atoms with E-state index in [1.807, 2.05) is 0 Å². The molecule has 2 rings (SSSR count). The number of halogens is 1. The van der Waals surface area contributed by atoms with Crippen LogP contribution >= 0.6 is 15.9 Å². The first kappa shape index (κ1) is 8.97. The van der Waals surface area contributed by atoms with Crippen molar-refractivity contribution in [1.29, 1.82) is 0 Å². The molecule has 0 saturated heterocycles. The molecule has 0 fully saturated rings. The third-order valence-corrected chi connectivity index (χ3v) is 3.14. The van der Waals surface area contributed by atoms with E-state index in [-0.39, 0.29) is 11.6 Å². The Balaban J connectivity index is 2.57. The van der Waals surface area contributed by atoms with E-state index in [2.05, 4.69) is 15.9 Å². The molecule has 0 amide bonds. The molecule has 1 unspecified atom stereocenters. The Hall–Kier alpha value is -0.610. The van der Waals surface area contributed by atoms with Crippen LogP contribution in [0.3, 0.4) is 0 Å². The Morgan fingerprint density at radius 3 is 3.08 bits per heavy atom. The van der Waals surface area contributed by atoms with E-state index in [9.17, 15) is 4.79 Å². The van der Waals surface area contributed by atoms with E-state index in [4.69, 9.17) is 5.73 Å². The third-order valence-electron chi connectivity index (χ3n) is 2.42. The molecule has 0 radical (unpaired) electrons. The first-order valence-corrected chi connectivity index (χ1v) is 5.11. The predicted molar refractivity (Wildman–Crippen MR) is 54.7 cm³/mol. The summed E-state index contributed by atoms with van der Waals surface area (Å²) in [7, 11) is 0. The Bertz CT molecular complexity index is 386. The molecule has 0 saturated carbocycles. The molecule has 2 heterocycles. The van der Waals surface area contributed by atoms with Crippen molar-refractivity contribution in [1.82, 2.24) is 4.57 Å². The molecule has 0 aliphatic carbocycles. The van der Waals surface area contributed by atoms with Crippen molar-refractivity contribution in [2.45, 2.75) is 25.4 Å². The van der Waals surface area contributed by atoms with Gasteiger partial charge in [0.2, 0.25) is 0 Å². The largest absolute Gasteiger partial charge is 0.327 e. The number of pyridine rings is 1. The number of hydrogen-bond acceptors (Lipinski definition) is 2. The van der Waals surface area contributed by atoms with Gasteiger partial charge in [-0.05, 0) is 28.4 Å². The molecular weight excluding hydrogens is 232 g/mol. The molecule has 1 aliphatic rings. The van der Waals surface area contributed by atoms with Gasteiger partial charge in [-0.1, -0.05) is 0 Å². The Kier molecular flexibility index (Phi) is 2.26. The van der Waals surface area contributed by atoms with Crippen LogP contribution in [-0.2, 0) is 13.0 Å². The van der Waals surface area contributed by atoms with Gasteiger partial charge in [0, 0.05) is 35.2 Å². The summed E-state index contributed by atoms with van der Waals surface area (Å²) in [4.78, 5) is 11.4. The van der Waals surface area contributed by atoms with Crippen molar-refractivity contribution in [3.63, 3.8) is 0 Å². The summed E-state index contributed by atoms with van der Waals surface area (Å²) in [5.74, 6) is 0. The second kappa shape index (κ2) is 3.27. The van der Waals surface area contributed by atoms with Crippen LogP contribution in [0.2, 0.25) is 0 Å². The van der Waals surface area contributed by atoms with Gasteiger partial charge in [-0.25, -0.2) is 0 Å². The van der Waals surface area contributed by atoms with Gasteiger partial charge in [-0.3, -0.25) is 4.79 Å². The average Bonchev–Trinajstić information content (AvgIpc) is 2.12. The highest BCUT2D eigenvalue weighted by Gasteiger charge is 2.17. The van der Waals surface area contributed by atoms with Crippen molar-refractivity contribution in [3.8, 4) is 0 Å². The number of rotatable bonds is 0. The molecule has 2 N–H and O–H groups in total. The standard InChI is InChI=1S/C9H11BrN2O/c10-7-1-2-9(13)12-4-3-6(11)5-8(7)12/h1-2,6H,3-5,11H2. The van der Waals surface area contributed by atoms with Gasteiger partial charge in [0.05, 0.1) is 0 Å². The molecule has 1 aliphatic heterocycles. The number of fused-ring (bicyclic) bond motifs is 1. The van der Waals surface area contributed by atoms with Gasteiger partial charge in [0.1, 0.15) is 0 Å². The summed E-state index contributed by atoms with van der Waals surface area (Å²) < 4.78 is 2.79. The fourth-order valence-corrected chi connectivity index (χ4v) is 2.20. The monoisotopic (exact) mass is 242 g/mol. The van der Waals surface area contributed by atoms with E-state index in [1.54, 1.807) is 16.7 Å². The Labute approximate surface area is 84.7 Å². The van der Waals surface area contributed by atoms with Gasteiger partial charge in [-0.2, -0.15) is 0 Å². The highest BCUT2D eigenvalue weighted by Crippen LogP contribution is 2.20. The summed E-state index contributed by atoms with van der Waals surface area (Å²) in [6.07, 6.45) is 1.68. The van der Waals surface area contributed by atoms with E-state index >= 15 is 0 Å². The molecule has 1 aromatic heterocycles. The number of hydrogen-bond donors (Lipinski definition) is 1. The number of nitrogens with zero attached hydrogens (tertiary/aromatic N) is 1. The summed E-state index contributed by atoms with van der Waals surface area (Å²) in [5.41, 5.74) is 6.94. The summed E-state index contributed by atoms with van der Waals surface area (Å²) in [6, 6.07) is 3.58. The third kappa shape index (κ3) is 1.56. The van der Waals surface area contributed by atoms with Gasteiger partial charge in [0.25, 0.3) is 5.56 Å². The van der Waals surface area contributed by atoms with E-state index in [0.717, 1.165) is 29.6 Å². The second-order valence-electron chi connectivity index (χ2n) is 3.37. The smallest absolute Gasteiger partial charge is 0.250 e. The fraction of sp³-hybridized carbons (Fsp3) is 0.444. The Morgan fingerprint density at radius 2 is 2.31 bits per heavy atom. The first-order valence-electron chi connectivity index (χ1n) is 4.32. The van der Waals surface area contributed by atoms with Crippen molar-refractivity contribution < 1.29 is 0 Å². The van der Waals surface area contributed by atoms with E-state index in [0.29, 0.717) is 0 Å². The summed E-state index contributed by atoms with van der Waals surface area (Å²) >= 11 is 3.43. The van der Waals surface area contributed by atoms with E-state index in [1.165, 1.54) is 0 Å². The minimum atomic E-state index is 0.0742. The number of aromatic nitrogens is 1. The molecule has 3 nitrogen and oxygen atoms in total. The summed E-state index contributed by atoms with van der Waals surface area (Å²) in [6.45, 7) is 0.745. The lowest BCUT2D eigenvalue weighted by Gasteiger charge is -2.23. The van der Waals surface area contributed by atoms with Gasteiger partial charge < -0.3 is 10.3 Å². The molecule has 13 heavy (non-hydrogen) atoms. The first-order chi connectivity index (χ1) is 6.18. The molecular formula is C9H11BrN2O. The molecule has 70 valence electrons. The predicted octanol–water partition coefficient (Wildman–Crippen LogP) is 0.884. The van der Waals surface area contributed by atoms with Crippen LogP contribution in [0.15, 0.2) is 21.4 Å². The van der Waals surface area contributed by atoms with Gasteiger partial charge in [-0.15, -0.1) is 0 Å². The SMILES string of the molecule is NC1CCn2c(c(Br)ccc2=O)C1. The average molecular weight is 243 g/mol. The molecule has 0 bridgehead atoms. The normalized spacial score (nSPS) is 21.2. The zero-order valence-electron chi connectivity index (χ0n) is 7.16. The maximum absolute atomic E-state index is 11.4. The topological polar surface area (TPSA) is 48.0 Å². The lowest BCUT2D eigenvalue weighted by molar-refractivity contribution is 0.456. The molecule has 0 aromatic carbocycles. The lowest BCUT2D eigenvalue weighted by Crippen LogP contribution is -2.36. The van der Waals surface area contributed by atoms with Crippen molar-refractivity contribution >= 4 is 15.9 Å². The fourth-order valence-electron chi connectivity index (χ4n) is 1.69. The molecule has 1 aromatic rings. The minimum absolute atomic E-state index is 0.0742. The zero-order chi connectivity index (χ0) is 9.42. The molecule has 0 spiro atoms. The van der Waals surface area contributed by atoms with E-state index < -0.39 is 0 Å². The van der Waals surface area contributed by atoms with Crippen LogP contribution in [0.4, 0.5) is 0 Å². The Morgan fingerprint density at radius 1 is 1.54 bits per heavy atom. The number of nitrogens with two attached hydrogens (primary N) is 1. The highest BCUT2D eigenvalue weighted by molar-refractivity contribution is 9.10. The van der Waals surface area contributed by atoms with Crippen molar-refractivity contribution in [2.24, 2.45) is 5.73 Å². The maximum Gasteiger partial charge on any atom is 0.250 e. The minimum Gasteiger partial charge on any atom is -0.327 e. The van der Waals surface area contributed by atoms with Crippen LogP contribution in [0.1, 0.15) is 12.1 Å². The van der Waals surface area contributed by atoms with Crippen LogP contribution in [0.5, 0.6) is 0 Å².